The van der Waals surface area contributed by atoms with E-state index < -0.39 is 34.4 Å². The largest absolute Gasteiger partial charge is 0.606 e. The molecule has 0 saturated heterocycles. The first kappa shape index (κ1) is 23.9. The van der Waals surface area contributed by atoms with Crippen molar-refractivity contribution < 1.29 is 27.3 Å². The summed E-state index contributed by atoms with van der Waals surface area (Å²) in [4.78, 5) is 26.6. The number of pyridine rings is 1. The van der Waals surface area contributed by atoms with E-state index in [2.05, 4.69) is 5.32 Å². The number of alkyl halides is 3. The van der Waals surface area contributed by atoms with Crippen molar-refractivity contribution in [3.8, 4) is 11.4 Å². The molecule has 1 fully saturated rings. The van der Waals surface area contributed by atoms with Gasteiger partial charge in [-0.15, -0.1) is 0 Å². The molecule has 0 aliphatic heterocycles. The number of halogens is 3. The second-order valence-corrected chi connectivity index (χ2v) is 9.34. The Kier molecular flexibility index (Phi) is 6.46. The van der Waals surface area contributed by atoms with Crippen LogP contribution in [0.1, 0.15) is 34.5 Å². The zero-order valence-electron chi connectivity index (χ0n) is 18.3. The van der Waals surface area contributed by atoms with E-state index in [1.807, 2.05) is 0 Å². The molecule has 6 nitrogen and oxygen atoms in total. The lowest BCUT2D eigenvalue weighted by atomic mass is 10.1. The Morgan fingerprint density at radius 1 is 1.15 bits per heavy atom. The highest BCUT2D eigenvalue weighted by molar-refractivity contribution is 7.91. The zero-order valence-corrected chi connectivity index (χ0v) is 19.1. The first-order valence-corrected chi connectivity index (χ1v) is 11.6. The molecule has 0 bridgehead atoms. The third-order valence-electron chi connectivity index (χ3n) is 5.44. The molecule has 1 unspecified atom stereocenters. The molecule has 1 aliphatic carbocycles. The van der Waals surface area contributed by atoms with Crippen molar-refractivity contribution in [3.05, 3.63) is 81.8 Å². The first-order chi connectivity index (χ1) is 16.1. The van der Waals surface area contributed by atoms with Crippen LogP contribution in [0.15, 0.2) is 69.2 Å². The third kappa shape index (κ3) is 4.83. The lowest BCUT2D eigenvalue weighted by molar-refractivity contribution is -0.137. The first-order valence-electron chi connectivity index (χ1n) is 10.4. The predicted octanol–water partition coefficient (Wildman–Crippen LogP) is 4.23. The Labute approximate surface area is 196 Å². The Bertz CT molecular complexity index is 1300. The number of ether oxygens (including phenoxy) is 1. The van der Waals surface area contributed by atoms with Gasteiger partial charge in [0.25, 0.3) is 11.5 Å². The second-order valence-electron chi connectivity index (χ2n) is 7.89. The fourth-order valence-electron chi connectivity index (χ4n) is 3.50. The van der Waals surface area contributed by atoms with Crippen LogP contribution >= 0.6 is 0 Å². The summed E-state index contributed by atoms with van der Waals surface area (Å²) < 4.78 is 59.7. The van der Waals surface area contributed by atoms with Crippen LogP contribution in [0.4, 0.5) is 13.2 Å². The molecule has 1 atom stereocenters. The molecule has 1 heterocycles. The van der Waals surface area contributed by atoms with E-state index in [1.165, 1.54) is 32.2 Å². The van der Waals surface area contributed by atoms with Crippen molar-refractivity contribution in [1.29, 1.82) is 0 Å². The number of nitrogens with zero attached hydrogens (tertiary/aromatic N) is 1. The number of hydrogen-bond donors (Lipinski definition) is 1. The second kappa shape index (κ2) is 9.19. The summed E-state index contributed by atoms with van der Waals surface area (Å²) in [5.41, 5.74) is -1.95. The lowest BCUT2D eigenvalue weighted by Crippen LogP contribution is -2.35. The summed E-state index contributed by atoms with van der Waals surface area (Å²) in [5.74, 6) is -0.196. The number of benzene rings is 2. The molecule has 178 valence electrons. The number of methoxy groups -OCH3 is 1. The number of carbonyl (C=O) groups is 1. The van der Waals surface area contributed by atoms with E-state index in [-0.39, 0.29) is 27.9 Å². The molecule has 3 aromatic rings. The van der Waals surface area contributed by atoms with Crippen LogP contribution in [0.25, 0.3) is 5.69 Å². The fraction of sp³-hybridized carbons (Fsp3) is 0.250. The van der Waals surface area contributed by atoms with Gasteiger partial charge in [0.15, 0.2) is 9.79 Å². The fourth-order valence-corrected chi connectivity index (χ4v) is 4.76. The number of carbonyl (C=O) groups excluding carboxylic acids is 1. The van der Waals surface area contributed by atoms with Crippen molar-refractivity contribution in [1.82, 2.24) is 9.88 Å². The molecule has 1 saturated carbocycles. The molecule has 0 radical (unpaired) electrons. The summed E-state index contributed by atoms with van der Waals surface area (Å²) in [6, 6.07) is 11.9. The van der Waals surface area contributed by atoms with Crippen molar-refractivity contribution in [2.45, 2.75) is 41.8 Å². The van der Waals surface area contributed by atoms with Crippen molar-refractivity contribution in [2.75, 3.05) is 7.11 Å². The van der Waals surface area contributed by atoms with E-state index in [4.69, 9.17) is 4.74 Å². The molecule has 1 aliphatic rings. The lowest BCUT2D eigenvalue weighted by Gasteiger charge is -2.19. The number of hydrogen-bond acceptors (Lipinski definition) is 4. The van der Waals surface area contributed by atoms with Crippen LogP contribution in [0.3, 0.4) is 0 Å². The van der Waals surface area contributed by atoms with Crippen molar-refractivity contribution in [2.24, 2.45) is 0 Å². The SMILES string of the molecule is COc1cccc([S+]([O-])c2cc(C(=O)NC3CC3)c(=O)n(-c3cccc(C(F)(F)F)c3)c2C)c1. The van der Waals surface area contributed by atoms with Crippen LogP contribution in [0.2, 0.25) is 0 Å². The van der Waals surface area contributed by atoms with Crippen LogP contribution in [0, 0.1) is 6.92 Å². The molecular weight excluding hydrogens is 469 g/mol. The number of rotatable bonds is 6. The Balaban J connectivity index is 1.91. The molecule has 1 amide bonds. The van der Waals surface area contributed by atoms with Crippen molar-refractivity contribution >= 4 is 17.1 Å². The predicted molar refractivity (Wildman–Crippen MR) is 120 cm³/mol. The van der Waals surface area contributed by atoms with Gasteiger partial charge in [0, 0.05) is 35.0 Å². The molecule has 1 aromatic heterocycles. The Morgan fingerprint density at radius 2 is 1.85 bits per heavy atom. The van der Waals surface area contributed by atoms with E-state index in [0.717, 1.165) is 29.5 Å². The molecular formula is C24H21F3N2O4S. The minimum absolute atomic E-state index is 0.0532. The maximum absolute atomic E-state index is 13.5. The smallest absolute Gasteiger partial charge is 0.416 e. The summed E-state index contributed by atoms with van der Waals surface area (Å²) >= 11 is -1.85. The number of nitrogens with one attached hydrogen (secondary N) is 1. The minimum Gasteiger partial charge on any atom is -0.606 e. The average molecular weight is 491 g/mol. The highest BCUT2D eigenvalue weighted by Gasteiger charge is 2.32. The highest BCUT2D eigenvalue weighted by atomic mass is 32.2. The minimum atomic E-state index is -4.62. The van der Waals surface area contributed by atoms with E-state index in [1.54, 1.807) is 24.3 Å². The monoisotopic (exact) mass is 490 g/mol. The molecule has 4 rings (SSSR count). The Morgan fingerprint density at radius 3 is 2.50 bits per heavy atom. The van der Waals surface area contributed by atoms with Gasteiger partial charge in [-0.2, -0.15) is 13.2 Å². The number of amides is 1. The molecule has 2 aromatic carbocycles. The van der Waals surface area contributed by atoms with Crippen molar-refractivity contribution in [3.63, 3.8) is 0 Å². The zero-order chi connectivity index (χ0) is 24.6. The normalized spacial score (nSPS) is 14.5. The third-order valence-corrected chi connectivity index (χ3v) is 6.94. The van der Waals surface area contributed by atoms with Gasteiger partial charge in [-0.1, -0.05) is 12.1 Å². The quantitative estimate of drug-likeness (QED) is 0.524. The van der Waals surface area contributed by atoms with E-state index in [9.17, 15) is 27.3 Å². The standard InChI is InChI=1S/C24H21F3N2O4S/c1-14-21(34(32)19-8-4-7-18(12-19)33-2)13-20(22(30)28-16-9-10-16)23(31)29(14)17-6-3-5-15(11-17)24(25,26)27/h3-8,11-13,16H,9-10H2,1-2H3,(H,28,30). The van der Waals surface area contributed by atoms with Gasteiger partial charge in [-0.25, -0.2) is 0 Å². The van der Waals surface area contributed by atoms with Crippen LogP contribution in [-0.4, -0.2) is 28.2 Å². The van der Waals surface area contributed by atoms with Gasteiger partial charge in [0.1, 0.15) is 11.3 Å². The van der Waals surface area contributed by atoms with Gasteiger partial charge in [-0.3, -0.25) is 14.2 Å². The van der Waals surface area contributed by atoms with Gasteiger partial charge >= 0.3 is 6.18 Å². The van der Waals surface area contributed by atoms with Gasteiger partial charge in [0.05, 0.1) is 18.4 Å². The molecule has 1 N–H and O–H groups in total. The summed E-state index contributed by atoms with van der Waals surface area (Å²) in [6.45, 7) is 1.48. The summed E-state index contributed by atoms with van der Waals surface area (Å²) in [6.07, 6.45) is -3.06. The summed E-state index contributed by atoms with van der Waals surface area (Å²) in [7, 11) is 1.46. The highest BCUT2D eigenvalue weighted by Crippen LogP contribution is 2.32. The van der Waals surface area contributed by atoms with Crippen LogP contribution < -0.4 is 15.6 Å². The van der Waals surface area contributed by atoms with Gasteiger partial charge < -0.3 is 14.6 Å². The van der Waals surface area contributed by atoms with Gasteiger partial charge in [0.2, 0.25) is 0 Å². The molecule has 0 spiro atoms. The summed E-state index contributed by atoms with van der Waals surface area (Å²) in [5, 5.41) is 2.72. The van der Waals surface area contributed by atoms with E-state index >= 15 is 0 Å². The average Bonchev–Trinajstić information content (AvgIpc) is 3.62. The maximum Gasteiger partial charge on any atom is 0.416 e. The Hall–Kier alpha value is -3.24. The molecule has 34 heavy (non-hydrogen) atoms. The number of aromatic nitrogens is 1. The van der Waals surface area contributed by atoms with Gasteiger partial charge in [-0.05, 0) is 50.1 Å². The molecule has 10 heteroatoms. The van der Waals surface area contributed by atoms with Crippen LogP contribution in [-0.2, 0) is 17.4 Å². The van der Waals surface area contributed by atoms with E-state index in [0.29, 0.717) is 10.6 Å². The topological polar surface area (TPSA) is 83.4 Å². The maximum atomic E-state index is 13.5. The van der Waals surface area contributed by atoms with Crippen LogP contribution in [0.5, 0.6) is 5.75 Å².